The first kappa shape index (κ1) is 10.5. The number of rotatable bonds is 2. The van der Waals surface area contributed by atoms with Crippen molar-refractivity contribution in [2.24, 2.45) is 0 Å². The third-order valence-electron chi connectivity index (χ3n) is 0.863. The van der Waals surface area contributed by atoms with Gasteiger partial charge in [0.05, 0.1) is 6.26 Å². The van der Waals surface area contributed by atoms with E-state index in [-0.39, 0.29) is 35.5 Å². The summed E-state index contributed by atoms with van der Waals surface area (Å²) < 4.78 is 9.30. The molecule has 3 nitrogen and oxygen atoms in total. The van der Waals surface area contributed by atoms with Crippen LogP contribution in [-0.2, 0) is 4.79 Å². The van der Waals surface area contributed by atoms with Crippen LogP contribution < -0.4 is 4.74 Å². The predicted octanol–water partition coefficient (Wildman–Crippen LogP) is 0.990. The van der Waals surface area contributed by atoms with E-state index in [1.807, 2.05) is 0 Å². The Labute approximate surface area is 86.3 Å². The number of hydrogen-bond donors (Lipinski definition) is 0. The van der Waals surface area contributed by atoms with E-state index < -0.39 is 5.97 Å². The number of hydrogen-bond acceptors (Lipinski definition) is 3. The van der Waals surface area contributed by atoms with E-state index in [0.717, 1.165) is 6.08 Å². The zero-order valence-corrected chi connectivity index (χ0v) is 8.24. The summed E-state index contributed by atoms with van der Waals surface area (Å²) >= 11 is 0. The molecule has 0 fully saturated rings. The van der Waals surface area contributed by atoms with E-state index in [4.69, 9.17) is 4.42 Å². The van der Waals surface area contributed by atoms with E-state index in [0.29, 0.717) is 0 Å². The Kier molecular flexibility index (Phi) is 4.94. The molecule has 0 spiro atoms. The molecule has 0 atom stereocenters. The van der Waals surface area contributed by atoms with Gasteiger partial charge in [0.1, 0.15) is 0 Å². The van der Waals surface area contributed by atoms with Crippen LogP contribution in [0, 0.1) is 0 Å². The van der Waals surface area contributed by atoms with Gasteiger partial charge in [0.25, 0.3) is 5.95 Å². The van der Waals surface area contributed by atoms with E-state index in [9.17, 15) is 4.79 Å². The first-order valence-electron chi connectivity index (χ1n) is 2.70. The molecule has 4 heteroatoms. The number of esters is 1. The van der Waals surface area contributed by atoms with Crippen LogP contribution in [0.15, 0.2) is 35.5 Å². The van der Waals surface area contributed by atoms with Gasteiger partial charge in [-0.1, -0.05) is 6.58 Å². The van der Waals surface area contributed by atoms with Crippen LogP contribution in [0.25, 0.3) is 0 Å². The Morgan fingerprint density at radius 3 is 2.91 bits per heavy atom. The molecule has 0 saturated heterocycles. The van der Waals surface area contributed by atoms with Gasteiger partial charge < -0.3 is 9.15 Å². The van der Waals surface area contributed by atoms with Crippen LogP contribution in [0.4, 0.5) is 0 Å². The summed E-state index contributed by atoms with van der Waals surface area (Å²) in [7, 11) is 0. The molecule has 1 heterocycles. The van der Waals surface area contributed by atoms with Crippen LogP contribution in [-0.4, -0.2) is 35.5 Å². The molecule has 0 aliphatic carbocycles. The van der Waals surface area contributed by atoms with E-state index in [2.05, 4.69) is 11.3 Å². The van der Waals surface area contributed by atoms with Crippen molar-refractivity contribution in [1.29, 1.82) is 0 Å². The van der Waals surface area contributed by atoms with E-state index in [1.165, 1.54) is 6.26 Å². The van der Waals surface area contributed by atoms with Gasteiger partial charge in [-0.25, -0.2) is 4.79 Å². The van der Waals surface area contributed by atoms with Crippen molar-refractivity contribution in [3.8, 4) is 5.95 Å². The van der Waals surface area contributed by atoms with Crippen molar-refractivity contribution < 1.29 is 13.9 Å². The van der Waals surface area contributed by atoms with Crippen molar-refractivity contribution in [3.05, 3.63) is 31.1 Å². The minimum absolute atomic E-state index is 0. The van der Waals surface area contributed by atoms with Crippen LogP contribution in [0.2, 0.25) is 0 Å². The fraction of sp³-hybridized carbons (Fsp3) is 0. The van der Waals surface area contributed by atoms with Crippen molar-refractivity contribution >= 4 is 35.5 Å². The normalized spacial score (nSPS) is 8.00. The summed E-state index contributed by atoms with van der Waals surface area (Å²) in [5.74, 6) is -0.333. The van der Waals surface area contributed by atoms with Gasteiger partial charge in [-0.3, -0.25) is 0 Å². The second-order valence-electron chi connectivity index (χ2n) is 1.56. The minimum Gasteiger partial charge on any atom is -0.434 e. The number of ether oxygens (including phenoxy) is 1. The molecule has 0 bridgehead atoms. The third-order valence-corrected chi connectivity index (χ3v) is 0.863. The zero-order valence-electron chi connectivity index (χ0n) is 6.24. The molecule has 53 valence electrons. The summed E-state index contributed by atoms with van der Waals surface area (Å²) in [6.45, 7) is 3.22. The van der Waals surface area contributed by atoms with Crippen molar-refractivity contribution in [2.45, 2.75) is 0 Å². The summed E-state index contributed by atoms with van der Waals surface area (Å²) in [4.78, 5) is 10.5. The molecule has 1 rings (SSSR count). The zero-order chi connectivity index (χ0) is 7.40. The summed E-state index contributed by atoms with van der Waals surface area (Å²) in [5.41, 5.74) is 0. The Bertz CT molecular complexity index is 228. The molecule has 11 heavy (non-hydrogen) atoms. The Hall–Kier alpha value is -0.510. The SMILES string of the molecule is C=CC(=O)Oc1ccco1.[Na]. The fourth-order valence-corrected chi connectivity index (χ4v) is 0.462. The molecule has 0 N–H and O–H groups in total. The molecule has 0 unspecified atom stereocenters. The number of carbonyl (C=O) groups is 1. The standard InChI is InChI=1S/C7H6O3.Na/c1-2-6(8)10-7-4-3-5-9-7;/h2-5H,1H2;. The Morgan fingerprint density at radius 1 is 1.73 bits per heavy atom. The summed E-state index contributed by atoms with van der Waals surface area (Å²) in [6.07, 6.45) is 2.49. The maximum Gasteiger partial charge on any atom is 0.337 e. The van der Waals surface area contributed by atoms with Crippen LogP contribution in [0.1, 0.15) is 0 Å². The van der Waals surface area contributed by atoms with E-state index in [1.54, 1.807) is 12.1 Å². The second kappa shape index (κ2) is 5.18. The van der Waals surface area contributed by atoms with Gasteiger partial charge >= 0.3 is 5.97 Å². The first-order chi connectivity index (χ1) is 4.83. The Balaban J connectivity index is 0.000001000. The molecule has 0 saturated carbocycles. The molecule has 0 amide bonds. The first-order valence-corrected chi connectivity index (χ1v) is 2.70. The van der Waals surface area contributed by atoms with Gasteiger partial charge in [0, 0.05) is 41.7 Å². The molecule has 0 aliphatic heterocycles. The molecular formula is C7H6NaO3. The molecule has 1 radical (unpaired) electrons. The third kappa shape index (κ3) is 3.41. The van der Waals surface area contributed by atoms with Crippen molar-refractivity contribution in [1.82, 2.24) is 0 Å². The van der Waals surface area contributed by atoms with Gasteiger partial charge in [0.2, 0.25) is 0 Å². The minimum atomic E-state index is -0.519. The maximum absolute atomic E-state index is 10.5. The average Bonchev–Trinajstić information content (AvgIpc) is 2.40. The monoisotopic (exact) mass is 161 g/mol. The molecule has 1 aromatic rings. The molecule has 1 aromatic heterocycles. The largest absolute Gasteiger partial charge is 0.434 e. The van der Waals surface area contributed by atoms with Gasteiger partial charge in [-0.2, -0.15) is 0 Å². The summed E-state index contributed by atoms with van der Waals surface area (Å²) in [6, 6.07) is 3.17. The number of furan rings is 1. The fourth-order valence-electron chi connectivity index (χ4n) is 0.462. The molecule has 0 aromatic carbocycles. The second-order valence-corrected chi connectivity index (χ2v) is 1.56. The number of carbonyl (C=O) groups excluding carboxylic acids is 1. The predicted molar refractivity (Wildman–Crippen MR) is 40.3 cm³/mol. The van der Waals surface area contributed by atoms with Gasteiger partial charge in [-0.15, -0.1) is 0 Å². The molecule has 0 aliphatic rings. The van der Waals surface area contributed by atoms with Crippen LogP contribution >= 0.6 is 0 Å². The molecular weight excluding hydrogens is 155 g/mol. The quantitative estimate of drug-likeness (QED) is 0.369. The van der Waals surface area contributed by atoms with Gasteiger partial charge in [0.15, 0.2) is 0 Å². The average molecular weight is 161 g/mol. The maximum atomic E-state index is 10.5. The van der Waals surface area contributed by atoms with E-state index >= 15 is 0 Å². The van der Waals surface area contributed by atoms with Crippen LogP contribution in [0.3, 0.4) is 0 Å². The Morgan fingerprint density at radius 2 is 2.45 bits per heavy atom. The topological polar surface area (TPSA) is 39.4 Å². The summed E-state index contributed by atoms with van der Waals surface area (Å²) in [5, 5.41) is 0. The van der Waals surface area contributed by atoms with Crippen LogP contribution in [0.5, 0.6) is 5.95 Å². The smallest absolute Gasteiger partial charge is 0.337 e. The van der Waals surface area contributed by atoms with Crippen molar-refractivity contribution in [3.63, 3.8) is 0 Å². The van der Waals surface area contributed by atoms with Crippen molar-refractivity contribution in [2.75, 3.05) is 0 Å². The van der Waals surface area contributed by atoms with Gasteiger partial charge in [-0.05, 0) is 6.07 Å².